The van der Waals surface area contributed by atoms with E-state index in [4.69, 9.17) is 14.2 Å². The summed E-state index contributed by atoms with van der Waals surface area (Å²) in [7, 11) is 0. The van der Waals surface area contributed by atoms with Crippen LogP contribution in [0.5, 0.6) is 0 Å². The molecule has 63 heavy (non-hydrogen) atoms. The maximum absolute atomic E-state index is 12.8. The SMILES string of the molecule is CCCCCC=CCC=CCCCCCCCC(=O)OCC(COC(=O)CCCCCCCCCCCCCCCCC)OC(=O)CCCCCCC/C=C/CCCCCCCC. The van der Waals surface area contributed by atoms with Crippen molar-refractivity contribution in [3.05, 3.63) is 36.5 Å². The van der Waals surface area contributed by atoms with Gasteiger partial charge in [0.05, 0.1) is 0 Å². The maximum Gasteiger partial charge on any atom is 0.306 e. The van der Waals surface area contributed by atoms with Crippen molar-refractivity contribution in [2.24, 2.45) is 0 Å². The van der Waals surface area contributed by atoms with Crippen LogP contribution in [0.25, 0.3) is 0 Å². The molecule has 0 heterocycles. The van der Waals surface area contributed by atoms with Crippen LogP contribution in [-0.4, -0.2) is 37.2 Å². The van der Waals surface area contributed by atoms with Crippen molar-refractivity contribution in [1.29, 1.82) is 0 Å². The Morgan fingerprint density at radius 2 is 0.571 bits per heavy atom. The molecule has 0 aliphatic carbocycles. The van der Waals surface area contributed by atoms with E-state index < -0.39 is 6.10 Å². The van der Waals surface area contributed by atoms with Gasteiger partial charge in [0.1, 0.15) is 13.2 Å². The van der Waals surface area contributed by atoms with Gasteiger partial charge in [-0.25, -0.2) is 0 Å². The Bertz CT molecular complexity index is 1060. The predicted molar refractivity (Wildman–Crippen MR) is 270 cm³/mol. The lowest BCUT2D eigenvalue weighted by molar-refractivity contribution is -0.167. The van der Waals surface area contributed by atoms with Crippen LogP contribution in [0.4, 0.5) is 0 Å². The smallest absolute Gasteiger partial charge is 0.306 e. The van der Waals surface area contributed by atoms with Crippen molar-refractivity contribution in [3.8, 4) is 0 Å². The van der Waals surface area contributed by atoms with Gasteiger partial charge in [0.25, 0.3) is 0 Å². The van der Waals surface area contributed by atoms with Gasteiger partial charge >= 0.3 is 17.9 Å². The zero-order valence-electron chi connectivity index (χ0n) is 42.1. The van der Waals surface area contributed by atoms with E-state index in [1.807, 2.05) is 0 Å². The van der Waals surface area contributed by atoms with E-state index >= 15 is 0 Å². The van der Waals surface area contributed by atoms with E-state index in [0.717, 1.165) is 83.5 Å². The van der Waals surface area contributed by atoms with Gasteiger partial charge < -0.3 is 14.2 Å². The fourth-order valence-corrected chi connectivity index (χ4v) is 7.94. The van der Waals surface area contributed by atoms with Crippen molar-refractivity contribution in [2.45, 2.75) is 297 Å². The van der Waals surface area contributed by atoms with E-state index in [1.165, 1.54) is 167 Å². The van der Waals surface area contributed by atoms with Crippen molar-refractivity contribution in [1.82, 2.24) is 0 Å². The third-order valence-electron chi connectivity index (χ3n) is 12.1. The van der Waals surface area contributed by atoms with Gasteiger partial charge in [-0.15, -0.1) is 0 Å². The normalized spacial score (nSPS) is 12.2. The lowest BCUT2D eigenvalue weighted by Gasteiger charge is -2.18. The van der Waals surface area contributed by atoms with E-state index in [-0.39, 0.29) is 31.1 Å². The molecule has 0 amide bonds. The molecular weight excluding hydrogens is 781 g/mol. The number of ether oxygens (including phenoxy) is 3. The number of hydrogen-bond acceptors (Lipinski definition) is 6. The molecule has 0 saturated carbocycles. The summed E-state index contributed by atoms with van der Waals surface area (Å²) in [6.07, 6.45) is 61.2. The quantitative estimate of drug-likeness (QED) is 0.0262. The molecule has 0 fully saturated rings. The molecular formula is C57H104O6. The van der Waals surface area contributed by atoms with Crippen LogP contribution in [0.1, 0.15) is 290 Å². The molecule has 0 N–H and O–H groups in total. The van der Waals surface area contributed by atoms with E-state index in [2.05, 4.69) is 57.2 Å². The Labute approximate surface area is 391 Å². The van der Waals surface area contributed by atoms with Gasteiger partial charge in [0.2, 0.25) is 0 Å². The Morgan fingerprint density at radius 3 is 0.921 bits per heavy atom. The van der Waals surface area contributed by atoms with Crippen LogP contribution < -0.4 is 0 Å². The monoisotopic (exact) mass is 885 g/mol. The molecule has 0 bridgehead atoms. The van der Waals surface area contributed by atoms with Gasteiger partial charge in [0, 0.05) is 19.3 Å². The van der Waals surface area contributed by atoms with Crippen molar-refractivity contribution in [2.75, 3.05) is 13.2 Å². The van der Waals surface area contributed by atoms with Crippen molar-refractivity contribution < 1.29 is 28.6 Å². The fraction of sp³-hybridized carbons (Fsp3) is 0.842. The minimum Gasteiger partial charge on any atom is -0.462 e. The summed E-state index contributed by atoms with van der Waals surface area (Å²) in [6, 6.07) is 0. The topological polar surface area (TPSA) is 78.9 Å². The molecule has 0 radical (unpaired) electrons. The predicted octanol–water partition coefficient (Wildman–Crippen LogP) is 18.1. The lowest BCUT2D eigenvalue weighted by atomic mass is 10.0. The third kappa shape index (κ3) is 50.5. The largest absolute Gasteiger partial charge is 0.462 e. The number of allylic oxidation sites excluding steroid dienone is 6. The molecule has 0 aromatic rings. The zero-order valence-corrected chi connectivity index (χ0v) is 42.1. The van der Waals surface area contributed by atoms with Crippen LogP contribution >= 0.6 is 0 Å². The molecule has 0 aromatic carbocycles. The summed E-state index contributed by atoms with van der Waals surface area (Å²) in [5.41, 5.74) is 0. The Kier molecular flexibility index (Phi) is 50.3. The minimum atomic E-state index is -0.779. The first-order valence-corrected chi connectivity index (χ1v) is 27.5. The molecule has 0 rings (SSSR count). The molecule has 1 atom stereocenters. The number of hydrogen-bond donors (Lipinski definition) is 0. The van der Waals surface area contributed by atoms with Crippen LogP contribution in [-0.2, 0) is 28.6 Å². The second-order valence-electron chi connectivity index (χ2n) is 18.5. The Balaban J connectivity index is 4.38. The van der Waals surface area contributed by atoms with E-state index in [1.54, 1.807) is 0 Å². The zero-order chi connectivity index (χ0) is 45.8. The Hall–Kier alpha value is -2.37. The highest BCUT2D eigenvalue weighted by atomic mass is 16.6. The molecule has 0 aliphatic rings. The number of unbranched alkanes of at least 4 members (excludes halogenated alkanes) is 33. The van der Waals surface area contributed by atoms with Gasteiger partial charge in [-0.05, 0) is 77.0 Å². The molecule has 0 saturated heterocycles. The molecule has 0 spiro atoms. The molecule has 0 aliphatic heterocycles. The van der Waals surface area contributed by atoms with E-state index in [9.17, 15) is 14.4 Å². The maximum atomic E-state index is 12.8. The highest BCUT2D eigenvalue weighted by Gasteiger charge is 2.19. The standard InChI is InChI=1S/C57H104O6/c1-4-7-10-13-16-19-22-25-28-31-34-37-40-43-46-49-55(58)61-52-54(63-57(60)51-48-45-42-39-36-33-30-27-24-21-18-15-12-9-6-3)53-62-56(59)50-47-44-41-38-35-32-29-26-23-20-17-14-11-8-5-2/h16,19,25,27-28,30,54H,4-15,17-18,20-24,26,29,31-53H2,1-3H3/b19-16?,28-25?,30-27+. The second-order valence-corrected chi connectivity index (χ2v) is 18.5. The highest BCUT2D eigenvalue weighted by molar-refractivity contribution is 5.71. The van der Waals surface area contributed by atoms with Crippen molar-refractivity contribution in [3.63, 3.8) is 0 Å². The second kappa shape index (κ2) is 52.3. The van der Waals surface area contributed by atoms with E-state index in [0.29, 0.717) is 19.3 Å². The van der Waals surface area contributed by atoms with Gasteiger partial charge in [-0.2, -0.15) is 0 Å². The molecule has 368 valence electrons. The first-order valence-electron chi connectivity index (χ1n) is 27.5. The summed E-state index contributed by atoms with van der Waals surface area (Å²) in [4.78, 5) is 38.0. The first-order chi connectivity index (χ1) is 31.0. The summed E-state index contributed by atoms with van der Waals surface area (Å²) in [5, 5.41) is 0. The summed E-state index contributed by atoms with van der Waals surface area (Å²) in [5.74, 6) is -0.886. The molecule has 6 heteroatoms. The number of rotatable bonds is 50. The summed E-state index contributed by atoms with van der Waals surface area (Å²) in [6.45, 7) is 6.62. The number of carbonyl (C=O) groups excluding carboxylic acids is 3. The van der Waals surface area contributed by atoms with Gasteiger partial charge in [-0.1, -0.05) is 231 Å². The average Bonchev–Trinajstić information content (AvgIpc) is 3.28. The van der Waals surface area contributed by atoms with Crippen LogP contribution in [0.2, 0.25) is 0 Å². The van der Waals surface area contributed by atoms with Crippen LogP contribution in [0.3, 0.4) is 0 Å². The number of esters is 3. The van der Waals surface area contributed by atoms with Crippen LogP contribution in [0, 0.1) is 0 Å². The third-order valence-corrected chi connectivity index (χ3v) is 12.1. The number of carbonyl (C=O) groups is 3. The fourth-order valence-electron chi connectivity index (χ4n) is 7.94. The van der Waals surface area contributed by atoms with Crippen LogP contribution in [0.15, 0.2) is 36.5 Å². The van der Waals surface area contributed by atoms with Gasteiger partial charge in [0.15, 0.2) is 6.10 Å². The molecule has 6 nitrogen and oxygen atoms in total. The summed E-state index contributed by atoms with van der Waals surface area (Å²) >= 11 is 0. The highest BCUT2D eigenvalue weighted by Crippen LogP contribution is 2.16. The average molecular weight is 885 g/mol. The van der Waals surface area contributed by atoms with Crippen molar-refractivity contribution >= 4 is 17.9 Å². The first kappa shape index (κ1) is 60.6. The Morgan fingerprint density at radius 1 is 0.317 bits per heavy atom. The summed E-state index contributed by atoms with van der Waals surface area (Å²) < 4.78 is 16.8. The molecule has 0 aromatic heterocycles. The minimum absolute atomic E-state index is 0.0767. The van der Waals surface area contributed by atoms with Gasteiger partial charge in [-0.3, -0.25) is 14.4 Å². The lowest BCUT2D eigenvalue weighted by Crippen LogP contribution is -2.30. The molecule has 1 unspecified atom stereocenters.